The monoisotopic (exact) mass is 260 g/mol. The second-order valence-corrected chi connectivity index (χ2v) is 6.69. The summed E-state index contributed by atoms with van der Waals surface area (Å²) in [5.41, 5.74) is 1.36. The van der Waals surface area contributed by atoms with Gasteiger partial charge in [-0.2, -0.15) is 0 Å². The molecular weight excluding hydrogens is 234 g/mol. The number of rotatable bonds is 2. The van der Waals surface area contributed by atoms with E-state index >= 15 is 0 Å². The van der Waals surface area contributed by atoms with Crippen LogP contribution in [-0.2, 0) is 0 Å². The maximum atomic E-state index is 9.75. The maximum Gasteiger partial charge on any atom is 0.115 e. The molecular formula is C17H26NO+. The topological polar surface area (TPSA) is 20.2 Å². The number of aromatic hydroxyl groups is 1. The van der Waals surface area contributed by atoms with E-state index < -0.39 is 0 Å². The first-order chi connectivity index (χ1) is 9.19. The third-order valence-electron chi connectivity index (χ3n) is 5.42. The van der Waals surface area contributed by atoms with Crippen LogP contribution in [0.2, 0.25) is 0 Å². The first kappa shape index (κ1) is 13.0. The molecule has 2 atom stereocenters. The number of quaternary nitrogens is 1. The van der Waals surface area contributed by atoms with Crippen LogP contribution < -0.4 is 0 Å². The predicted octanol–water partition coefficient (Wildman–Crippen LogP) is 3.66. The van der Waals surface area contributed by atoms with E-state index in [2.05, 4.69) is 13.1 Å². The summed E-state index contributed by atoms with van der Waals surface area (Å²) in [6, 6.07) is 8.75. The molecule has 2 heteroatoms. The molecule has 0 spiro atoms. The minimum atomic E-state index is 0.422. The maximum absolute atomic E-state index is 9.75. The van der Waals surface area contributed by atoms with Gasteiger partial charge in [-0.1, -0.05) is 18.6 Å². The minimum absolute atomic E-state index is 0.422. The van der Waals surface area contributed by atoms with Crippen molar-refractivity contribution in [2.24, 2.45) is 0 Å². The molecule has 1 aliphatic heterocycles. The number of hydrogen-bond acceptors (Lipinski definition) is 1. The SMILES string of the molecule is C[N+]1(C2CCCCC2c2cccc(O)c2)CCCC1. The molecule has 0 amide bonds. The van der Waals surface area contributed by atoms with Gasteiger partial charge in [-0.25, -0.2) is 0 Å². The highest BCUT2D eigenvalue weighted by Crippen LogP contribution is 2.41. The Hall–Kier alpha value is -1.02. The zero-order valence-corrected chi connectivity index (χ0v) is 12.0. The third kappa shape index (κ3) is 2.51. The average molecular weight is 260 g/mol. The van der Waals surface area contributed by atoms with Gasteiger partial charge in [-0.3, -0.25) is 0 Å². The molecule has 2 nitrogen and oxygen atoms in total. The Labute approximate surface area is 116 Å². The lowest BCUT2D eigenvalue weighted by Crippen LogP contribution is -2.53. The van der Waals surface area contributed by atoms with E-state index in [0.29, 0.717) is 11.7 Å². The van der Waals surface area contributed by atoms with Crippen molar-refractivity contribution in [3.63, 3.8) is 0 Å². The smallest absolute Gasteiger partial charge is 0.115 e. The van der Waals surface area contributed by atoms with Crippen LogP contribution in [0.25, 0.3) is 0 Å². The lowest BCUT2D eigenvalue weighted by Gasteiger charge is -2.44. The van der Waals surface area contributed by atoms with Crippen molar-refractivity contribution in [3.8, 4) is 5.75 Å². The van der Waals surface area contributed by atoms with Crippen molar-refractivity contribution in [1.29, 1.82) is 0 Å². The predicted molar refractivity (Wildman–Crippen MR) is 78.3 cm³/mol. The van der Waals surface area contributed by atoms with Crippen LogP contribution in [-0.4, -0.2) is 35.8 Å². The summed E-state index contributed by atoms with van der Waals surface area (Å²) in [6.07, 6.45) is 8.16. The van der Waals surface area contributed by atoms with E-state index in [0.717, 1.165) is 6.04 Å². The van der Waals surface area contributed by atoms with E-state index in [1.54, 1.807) is 6.07 Å². The molecule has 1 aromatic rings. The Morgan fingerprint density at radius 3 is 2.53 bits per heavy atom. The number of nitrogens with zero attached hydrogens (tertiary/aromatic N) is 1. The Morgan fingerprint density at radius 2 is 1.79 bits per heavy atom. The summed E-state index contributed by atoms with van der Waals surface area (Å²) in [6.45, 7) is 2.69. The van der Waals surface area contributed by atoms with Crippen molar-refractivity contribution in [2.45, 2.75) is 50.5 Å². The fourth-order valence-corrected chi connectivity index (χ4v) is 4.39. The van der Waals surface area contributed by atoms with Crippen LogP contribution in [0.3, 0.4) is 0 Å². The Balaban J connectivity index is 1.88. The molecule has 19 heavy (non-hydrogen) atoms. The Bertz CT molecular complexity index is 437. The molecule has 1 N–H and O–H groups in total. The molecule has 1 saturated carbocycles. The van der Waals surface area contributed by atoms with Gasteiger partial charge in [0.2, 0.25) is 0 Å². The molecule has 1 heterocycles. The van der Waals surface area contributed by atoms with Crippen molar-refractivity contribution >= 4 is 0 Å². The number of phenolic OH excluding ortho intramolecular Hbond substituents is 1. The van der Waals surface area contributed by atoms with Gasteiger partial charge in [0.25, 0.3) is 0 Å². The highest BCUT2D eigenvalue weighted by atomic mass is 16.3. The largest absolute Gasteiger partial charge is 0.508 e. The van der Waals surface area contributed by atoms with Gasteiger partial charge < -0.3 is 9.59 Å². The van der Waals surface area contributed by atoms with Crippen LogP contribution in [0.5, 0.6) is 5.75 Å². The second-order valence-electron chi connectivity index (χ2n) is 6.69. The van der Waals surface area contributed by atoms with Crippen LogP contribution in [0.4, 0.5) is 0 Å². The van der Waals surface area contributed by atoms with Gasteiger partial charge in [0.1, 0.15) is 5.75 Å². The lowest BCUT2D eigenvalue weighted by atomic mass is 9.78. The zero-order valence-electron chi connectivity index (χ0n) is 12.0. The highest BCUT2D eigenvalue weighted by Gasteiger charge is 2.42. The highest BCUT2D eigenvalue weighted by molar-refractivity contribution is 5.30. The van der Waals surface area contributed by atoms with E-state index in [1.807, 2.05) is 12.1 Å². The number of hydrogen-bond donors (Lipinski definition) is 1. The van der Waals surface area contributed by atoms with Crippen LogP contribution in [0, 0.1) is 0 Å². The Morgan fingerprint density at radius 1 is 1.05 bits per heavy atom. The van der Waals surface area contributed by atoms with Gasteiger partial charge in [0.15, 0.2) is 0 Å². The van der Waals surface area contributed by atoms with Crippen molar-refractivity contribution in [2.75, 3.05) is 20.1 Å². The molecule has 104 valence electrons. The van der Waals surface area contributed by atoms with Crippen molar-refractivity contribution < 1.29 is 9.59 Å². The van der Waals surface area contributed by atoms with Gasteiger partial charge in [-0.15, -0.1) is 0 Å². The van der Waals surface area contributed by atoms with E-state index in [4.69, 9.17) is 0 Å². The van der Waals surface area contributed by atoms with E-state index in [1.165, 1.54) is 61.7 Å². The fraction of sp³-hybridized carbons (Fsp3) is 0.647. The van der Waals surface area contributed by atoms with Gasteiger partial charge in [0, 0.05) is 25.2 Å². The molecule has 1 aliphatic carbocycles. The first-order valence-corrected chi connectivity index (χ1v) is 7.82. The number of likely N-dealkylation sites (tertiary alicyclic amines) is 1. The number of phenols is 1. The minimum Gasteiger partial charge on any atom is -0.508 e. The molecule has 0 bridgehead atoms. The summed E-state index contributed by atoms with van der Waals surface area (Å²) in [7, 11) is 2.46. The normalized spacial score (nSPS) is 30.4. The Kier molecular flexibility index (Phi) is 3.53. The van der Waals surface area contributed by atoms with Crippen molar-refractivity contribution in [3.05, 3.63) is 29.8 Å². The molecule has 2 unspecified atom stereocenters. The molecule has 0 aromatic heterocycles. The summed E-state index contributed by atoms with van der Waals surface area (Å²) < 4.78 is 1.26. The number of benzene rings is 1. The molecule has 1 aromatic carbocycles. The zero-order chi connectivity index (χ0) is 13.3. The van der Waals surface area contributed by atoms with Crippen LogP contribution >= 0.6 is 0 Å². The van der Waals surface area contributed by atoms with Crippen molar-refractivity contribution in [1.82, 2.24) is 0 Å². The summed E-state index contributed by atoms with van der Waals surface area (Å²) in [5.74, 6) is 1.06. The molecule has 2 fully saturated rings. The molecule has 3 rings (SSSR count). The lowest BCUT2D eigenvalue weighted by molar-refractivity contribution is -0.925. The number of likely N-dealkylation sites (N-methyl/N-ethyl adjacent to an activating group) is 1. The summed E-state index contributed by atoms with van der Waals surface area (Å²) in [5, 5.41) is 9.75. The average Bonchev–Trinajstić information content (AvgIpc) is 2.87. The van der Waals surface area contributed by atoms with Gasteiger partial charge in [-0.05, 0) is 30.5 Å². The van der Waals surface area contributed by atoms with Crippen LogP contribution in [0.1, 0.15) is 50.0 Å². The second kappa shape index (κ2) is 5.16. The quantitative estimate of drug-likeness (QED) is 0.805. The van der Waals surface area contributed by atoms with Crippen LogP contribution in [0.15, 0.2) is 24.3 Å². The summed E-state index contributed by atoms with van der Waals surface area (Å²) >= 11 is 0. The standard InChI is InChI=1S/C17H25NO/c1-18(11-4-5-12-18)17-10-3-2-9-16(17)14-7-6-8-15(19)13-14/h6-8,13,16-17H,2-5,9-12H2,1H3/p+1. The third-order valence-corrected chi connectivity index (χ3v) is 5.42. The van der Waals surface area contributed by atoms with Gasteiger partial charge >= 0.3 is 0 Å². The molecule has 2 aliphatic rings. The van der Waals surface area contributed by atoms with E-state index in [-0.39, 0.29) is 0 Å². The fourth-order valence-electron chi connectivity index (χ4n) is 4.39. The molecule has 0 radical (unpaired) electrons. The summed E-state index contributed by atoms with van der Waals surface area (Å²) in [4.78, 5) is 0. The first-order valence-electron chi connectivity index (χ1n) is 7.82. The molecule has 1 saturated heterocycles. The van der Waals surface area contributed by atoms with E-state index in [9.17, 15) is 5.11 Å². The van der Waals surface area contributed by atoms with Gasteiger partial charge in [0.05, 0.1) is 26.2 Å².